The number of benzene rings is 2. The molecular weight excluding hydrogens is 340 g/mol. The van der Waals surface area contributed by atoms with Crippen molar-refractivity contribution in [2.75, 3.05) is 31.6 Å². The van der Waals surface area contributed by atoms with Gasteiger partial charge in [-0.15, -0.1) is 5.10 Å². The number of fused-ring (bicyclic) bond motifs is 1. The third kappa shape index (κ3) is 3.78. The summed E-state index contributed by atoms with van der Waals surface area (Å²) in [5.41, 5.74) is 2.14. The van der Waals surface area contributed by atoms with Crippen molar-refractivity contribution in [3.63, 3.8) is 0 Å². The van der Waals surface area contributed by atoms with Gasteiger partial charge in [0.2, 0.25) is 0 Å². The Hall–Kier alpha value is -2.93. The van der Waals surface area contributed by atoms with E-state index in [0.29, 0.717) is 6.54 Å². The average Bonchev–Trinajstić information content (AvgIpc) is 3.16. The number of hydrogen-bond donors (Lipinski definition) is 0. The van der Waals surface area contributed by atoms with Crippen LogP contribution in [0.2, 0.25) is 0 Å². The summed E-state index contributed by atoms with van der Waals surface area (Å²) in [6.45, 7) is 5.47. The minimum atomic E-state index is 0.103. The fourth-order valence-corrected chi connectivity index (χ4v) is 3.50. The van der Waals surface area contributed by atoms with Crippen LogP contribution >= 0.6 is 0 Å². The molecule has 0 saturated heterocycles. The third-order valence-electron chi connectivity index (χ3n) is 4.77. The first-order chi connectivity index (χ1) is 13.2. The molecule has 2 heterocycles. The molecule has 3 aromatic rings. The summed E-state index contributed by atoms with van der Waals surface area (Å²) >= 11 is 0. The minimum absolute atomic E-state index is 0.103. The summed E-state index contributed by atoms with van der Waals surface area (Å²) in [4.78, 5) is 4.57. The van der Waals surface area contributed by atoms with Gasteiger partial charge in [-0.3, -0.25) is 4.90 Å². The van der Waals surface area contributed by atoms with Crippen molar-refractivity contribution in [2.24, 2.45) is 0 Å². The van der Waals surface area contributed by atoms with Crippen molar-refractivity contribution in [3.8, 4) is 11.4 Å². The number of tetrazole rings is 1. The zero-order valence-electron chi connectivity index (χ0n) is 15.7. The molecule has 0 N–H and O–H groups in total. The molecule has 140 valence electrons. The summed E-state index contributed by atoms with van der Waals surface area (Å²) in [5, 5.41) is 12.2. The van der Waals surface area contributed by atoms with Crippen LogP contribution in [-0.4, -0.2) is 57.9 Å². The molecule has 0 aliphatic carbocycles. The van der Waals surface area contributed by atoms with Gasteiger partial charge in [0.25, 0.3) is 0 Å². The fraction of sp³-hybridized carbons (Fsp3) is 0.350. The summed E-state index contributed by atoms with van der Waals surface area (Å²) in [5.74, 6) is 1.77. The number of aromatic nitrogens is 4. The van der Waals surface area contributed by atoms with Gasteiger partial charge in [0.15, 0.2) is 5.82 Å². The van der Waals surface area contributed by atoms with Crippen LogP contribution in [0, 0.1) is 0 Å². The molecular formula is C20H24N6O. The molecule has 0 amide bonds. The van der Waals surface area contributed by atoms with Gasteiger partial charge < -0.3 is 9.64 Å². The van der Waals surface area contributed by atoms with Crippen LogP contribution in [0.1, 0.15) is 12.7 Å². The molecule has 1 aliphatic rings. The second kappa shape index (κ2) is 7.75. The van der Waals surface area contributed by atoms with E-state index in [2.05, 4.69) is 51.4 Å². The number of nitrogens with zero attached hydrogens (tertiary/aromatic N) is 6. The van der Waals surface area contributed by atoms with E-state index in [9.17, 15) is 0 Å². The Morgan fingerprint density at radius 2 is 1.89 bits per heavy atom. The van der Waals surface area contributed by atoms with Gasteiger partial charge in [0.1, 0.15) is 11.9 Å². The van der Waals surface area contributed by atoms with E-state index in [-0.39, 0.29) is 6.10 Å². The van der Waals surface area contributed by atoms with E-state index in [1.54, 1.807) is 4.68 Å². The highest BCUT2D eigenvalue weighted by atomic mass is 16.5. The molecule has 27 heavy (non-hydrogen) atoms. The Kier molecular flexibility index (Phi) is 5.02. The Bertz CT molecular complexity index is 881. The van der Waals surface area contributed by atoms with Gasteiger partial charge in [-0.25, -0.2) is 0 Å². The molecule has 1 unspecified atom stereocenters. The Labute approximate surface area is 159 Å². The van der Waals surface area contributed by atoms with Crippen molar-refractivity contribution >= 4 is 5.69 Å². The van der Waals surface area contributed by atoms with E-state index in [1.807, 2.05) is 42.5 Å². The zero-order chi connectivity index (χ0) is 18.6. The number of likely N-dealkylation sites (N-methyl/N-ethyl adjacent to an activating group) is 2. The molecule has 0 spiro atoms. The zero-order valence-corrected chi connectivity index (χ0v) is 15.7. The lowest BCUT2D eigenvalue weighted by Gasteiger charge is -2.37. The van der Waals surface area contributed by atoms with Crippen LogP contribution < -0.4 is 9.64 Å². The van der Waals surface area contributed by atoms with Crippen molar-refractivity contribution in [3.05, 3.63) is 60.4 Å². The van der Waals surface area contributed by atoms with Crippen LogP contribution in [0.15, 0.2) is 54.6 Å². The monoisotopic (exact) mass is 364 g/mol. The predicted molar refractivity (Wildman–Crippen MR) is 104 cm³/mol. The second-order valence-electron chi connectivity index (χ2n) is 6.79. The summed E-state index contributed by atoms with van der Waals surface area (Å²) in [6.07, 6.45) is 0.103. The van der Waals surface area contributed by atoms with Gasteiger partial charge in [0, 0.05) is 13.1 Å². The average molecular weight is 364 g/mol. The quantitative estimate of drug-likeness (QED) is 0.669. The standard InChI is InChI=1S/C20H24N6O/c1-3-25-14-17(27-19-12-8-7-11-18(19)25)13-24(2)15-20-21-22-23-26(20)16-9-5-4-6-10-16/h4-12,17H,3,13-15H2,1-2H3. The molecule has 4 rings (SSSR count). The van der Waals surface area contributed by atoms with Gasteiger partial charge >= 0.3 is 0 Å². The Morgan fingerprint density at radius 1 is 1.11 bits per heavy atom. The van der Waals surface area contributed by atoms with Crippen LogP contribution in [0.4, 0.5) is 5.69 Å². The predicted octanol–water partition coefficient (Wildman–Crippen LogP) is 2.38. The molecule has 7 heteroatoms. The molecule has 1 aromatic heterocycles. The first-order valence-electron chi connectivity index (χ1n) is 9.26. The smallest absolute Gasteiger partial charge is 0.170 e. The van der Waals surface area contributed by atoms with Crippen LogP contribution in [0.3, 0.4) is 0 Å². The molecule has 2 aromatic carbocycles. The summed E-state index contributed by atoms with van der Waals surface area (Å²) in [7, 11) is 2.07. The molecule has 0 fully saturated rings. The number of hydrogen-bond acceptors (Lipinski definition) is 6. The van der Waals surface area contributed by atoms with E-state index < -0.39 is 0 Å². The largest absolute Gasteiger partial charge is 0.485 e. The number of rotatable bonds is 6. The topological polar surface area (TPSA) is 59.3 Å². The molecule has 1 aliphatic heterocycles. The molecule has 0 bridgehead atoms. The first-order valence-corrected chi connectivity index (χ1v) is 9.26. The SMILES string of the molecule is CCN1CC(CN(C)Cc2nnnn2-c2ccccc2)Oc2ccccc21. The van der Waals surface area contributed by atoms with Crippen LogP contribution in [-0.2, 0) is 6.54 Å². The minimum Gasteiger partial charge on any atom is -0.485 e. The van der Waals surface area contributed by atoms with E-state index >= 15 is 0 Å². The number of anilines is 1. The molecule has 1 atom stereocenters. The second-order valence-corrected chi connectivity index (χ2v) is 6.79. The maximum Gasteiger partial charge on any atom is 0.170 e. The molecule has 0 radical (unpaired) electrons. The van der Waals surface area contributed by atoms with Crippen molar-refractivity contribution in [2.45, 2.75) is 19.6 Å². The fourth-order valence-electron chi connectivity index (χ4n) is 3.50. The maximum absolute atomic E-state index is 6.23. The van der Waals surface area contributed by atoms with E-state index in [0.717, 1.165) is 36.9 Å². The van der Waals surface area contributed by atoms with Gasteiger partial charge in [-0.05, 0) is 48.7 Å². The Balaban J connectivity index is 1.44. The number of ether oxygens (including phenoxy) is 1. The summed E-state index contributed by atoms with van der Waals surface area (Å²) in [6, 6.07) is 18.2. The van der Waals surface area contributed by atoms with E-state index in [1.165, 1.54) is 5.69 Å². The Morgan fingerprint density at radius 3 is 2.70 bits per heavy atom. The van der Waals surface area contributed by atoms with Gasteiger partial charge in [-0.1, -0.05) is 30.3 Å². The normalized spacial score (nSPS) is 16.3. The highest BCUT2D eigenvalue weighted by Crippen LogP contribution is 2.32. The maximum atomic E-state index is 6.23. The molecule has 0 saturated carbocycles. The van der Waals surface area contributed by atoms with Crippen molar-refractivity contribution in [1.29, 1.82) is 0 Å². The third-order valence-corrected chi connectivity index (χ3v) is 4.77. The lowest BCUT2D eigenvalue weighted by atomic mass is 10.2. The van der Waals surface area contributed by atoms with Crippen LogP contribution in [0.5, 0.6) is 5.75 Å². The van der Waals surface area contributed by atoms with Crippen molar-refractivity contribution < 1.29 is 4.74 Å². The van der Waals surface area contributed by atoms with Crippen LogP contribution in [0.25, 0.3) is 5.69 Å². The molecule has 7 nitrogen and oxygen atoms in total. The van der Waals surface area contributed by atoms with Gasteiger partial charge in [-0.2, -0.15) is 4.68 Å². The highest BCUT2D eigenvalue weighted by Gasteiger charge is 2.26. The van der Waals surface area contributed by atoms with E-state index in [4.69, 9.17) is 4.74 Å². The highest BCUT2D eigenvalue weighted by molar-refractivity contribution is 5.60. The van der Waals surface area contributed by atoms with Crippen molar-refractivity contribution in [1.82, 2.24) is 25.1 Å². The lowest BCUT2D eigenvalue weighted by molar-refractivity contribution is 0.138. The number of para-hydroxylation sites is 3. The van der Waals surface area contributed by atoms with Gasteiger partial charge in [0.05, 0.1) is 24.5 Å². The first kappa shape index (κ1) is 17.5. The summed E-state index contributed by atoms with van der Waals surface area (Å²) < 4.78 is 8.01. The lowest BCUT2D eigenvalue weighted by Crippen LogP contribution is -2.45.